The molecule has 3 heteroatoms. The van der Waals surface area contributed by atoms with Gasteiger partial charge in [-0.15, -0.1) is 0 Å². The molecule has 0 radical (unpaired) electrons. The molecule has 0 aliphatic carbocycles. The van der Waals surface area contributed by atoms with Crippen molar-refractivity contribution in [2.75, 3.05) is 7.11 Å². The number of benzene rings is 1. The summed E-state index contributed by atoms with van der Waals surface area (Å²) in [5.74, 6) is -0.619. The van der Waals surface area contributed by atoms with Crippen LogP contribution in [0.25, 0.3) is 0 Å². The summed E-state index contributed by atoms with van der Waals surface area (Å²) in [6.45, 7) is 4.15. The van der Waals surface area contributed by atoms with Gasteiger partial charge in [0.25, 0.3) is 0 Å². The molecule has 88 valence electrons. The molecule has 0 saturated carbocycles. The molecule has 3 nitrogen and oxygen atoms in total. The van der Waals surface area contributed by atoms with Crippen LogP contribution in [0.2, 0.25) is 0 Å². The molecule has 1 atom stereocenters. The van der Waals surface area contributed by atoms with Crippen LogP contribution in [0.3, 0.4) is 0 Å². The van der Waals surface area contributed by atoms with Crippen LogP contribution in [0.4, 0.5) is 0 Å². The third kappa shape index (κ3) is 2.61. The molecule has 0 aliphatic rings. The molecule has 0 heterocycles. The molecule has 1 aromatic rings. The van der Waals surface area contributed by atoms with E-state index < -0.39 is 12.1 Å². The van der Waals surface area contributed by atoms with Gasteiger partial charge in [0.15, 0.2) is 6.10 Å². The van der Waals surface area contributed by atoms with Gasteiger partial charge in [0, 0.05) is 0 Å². The topological polar surface area (TPSA) is 46.5 Å². The highest BCUT2D eigenvalue weighted by molar-refractivity contribution is 5.76. The van der Waals surface area contributed by atoms with Crippen LogP contribution in [0, 0.1) is 0 Å². The maximum absolute atomic E-state index is 11.2. The summed E-state index contributed by atoms with van der Waals surface area (Å²) < 4.78 is 4.51. The van der Waals surface area contributed by atoms with Crippen molar-refractivity contribution in [2.24, 2.45) is 0 Å². The molecule has 1 unspecified atom stereocenters. The van der Waals surface area contributed by atoms with Gasteiger partial charge in [0.1, 0.15) is 0 Å². The summed E-state index contributed by atoms with van der Waals surface area (Å²) in [6.07, 6.45) is 0.670. The van der Waals surface area contributed by atoms with E-state index in [9.17, 15) is 9.90 Å². The fraction of sp³-hybridized carbons (Fsp3) is 0.462. The van der Waals surface area contributed by atoms with Gasteiger partial charge in [-0.2, -0.15) is 0 Å². The second-order valence-corrected chi connectivity index (χ2v) is 3.66. The third-order valence-corrected chi connectivity index (χ3v) is 2.73. The lowest BCUT2D eigenvalue weighted by Gasteiger charge is -2.12. The number of aliphatic hydroxyl groups is 1. The van der Waals surface area contributed by atoms with Crippen molar-refractivity contribution >= 4 is 5.97 Å². The van der Waals surface area contributed by atoms with Crippen molar-refractivity contribution < 1.29 is 14.6 Å². The van der Waals surface area contributed by atoms with Crippen LogP contribution in [-0.4, -0.2) is 18.2 Å². The van der Waals surface area contributed by atoms with Crippen LogP contribution < -0.4 is 0 Å². The number of carbonyl (C=O) groups excluding carboxylic acids is 1. The Morgan fingerprint density at radius 1 is 1.31 bits per heavy atom. The Labute approximate surface area is 96.1 Å². The normalized spacial score (nSPS) is 12.2. The number of hydrogen-bond donors (Lipinski definition) is 1. The second-order valence-electron chi connectivity index (χ2n) is 3.66. The molecule has 0 aliphatic heterocycles. The zero-order valence-corrected chi connectivity index (χ0v) is 9.99. The molecule has 16 heavy (non-hydrogen) atoms. The van der Waals surface area contributed by atoms with Gasteiger partial charge < -0.3 is 9.84 Å². The highest BCUT2D eigenvalue weighted by Crippen LogP contribution is 2.19. The Bertz CT molecular complexity index is 371. The van der Waals surface area contributed by atoms with Gasteiger partial charge in [0.05, 0.1) is 7.11 Å². The van der Waals surface area contributed by atoms with Crippen molar-refractivity contribution in [3.63, 3.8) is 0 Å². The molecule has 0 fully saturated rings. The third-order valence-electron chi connectivity index (χ3n) is 2.73. The number of methoxy groups -OCH3 is 1. The monoisotopic (exact) mass is 222 g/mol. The molecule has 1 rings (SSSR count). The Kier molecular flexibility index (Phi) is 4.50. The van der Waals surface area contributed by atoms with Gasteiger partial charge in [-0.1, -0.05) is 32.0 Å². The first-order valence-corrected chi connectivity index (χ1v) is 5.51. The van der Waals surface area contributed by atoms with E-state index in [0.717, 1.165) is 12.8 Å². The van der Waals surface area contributed by atoms with Gasteiger partial charge in [-0.3, -0.25) is 0 Å². The number of rotatable bonds is 4. The van der Waals surface area contributed by atoms with E-state index in [2.05, 4.69) is 18.6 Å². The first kappa shape index (κ1) is 12.7. The largest absolute Gasteiger partial charge is 0.467 e. The number of esters is 1. The minimum absolute atomic E-state index is 0.598. The number of ether oxygens (including phenoxy) is 1. The Morgan fingerprint density at radius 3 is 2.44 bits per heavy atom. The quantitative estimate of drug-likeness (QED) is 0.793. The Morgan fingerprint density at radius 2 is 1.94 bits per heavy atom. The molecule has 0 saturated heterocycles. The summed E-state index contributed by atoms with van der Waals surface area (Å²) in [6, 6.07) is 5.61. The van der Waals surface area contributed by atoms with E-state index in [1.54, 1.807) is 6.07 Å². The van der Waals surface area contributed by atoms with Crippen LogP contribution >= 0.6 is 0 Å². The maximum atomic E-state index is 11.2. The lowest BCUT2D eigenvalue weighted by Crippen LogP contribution is -2.13. The summed E-state index contributed by atoms with van der Waals surface area (Å²) in [5.41, 5.74) is 3.02. The number of carbonyl (C=O) groups is 1. The predicted molar refractivity (Wildman–Crippen MR) is 62.2 cm³/mol. The van der Waals surface area contributed by atoms with E-state index >= 15 is 0 Å². The van der Waals surface area contributed by atoms with Crippen LogP contribution in [0.5, 0.6) is 0 Å². The summed E-state index contributed by atoms with van der Waals surface area (Å²) in [4.78, 5) is 11.2. The number of aryl methyl sites for hydroxylation is 2. The zero-order chi connectivity index (χ0) is 12.1. The molecule has 0 amide bonds. The average Bonchev–Trinajstić information content (AvgIpc) is 2.35. The SMILES string of the molecule is CCc1ccc(C(O)C(=O)OC)cc1CC. The minimum Gasteiger partial charge on any atom is -0.467 e. The summed E-state index contributed by atoms with van der Waals surface area (Å²) in [7, 11) is 1.27. The zero-order valence-electron chi connectivity index (χ0n) is 9.99. The van der Waals surface area contributed by atoms with Crippen molar-refractivity contribution in [3.8, 4) is 0 Å². The summed E-state index contributed by atoms with van der Waals surface area (Å²) >= 11 is 0. The molecule has 0 spiro atoms. The van der Waals surface area contributed by atoms with E-state index in [-0.39, 0.29) is 0 Å². The minimum atomic E-state index is -1.18. The average molecular weight is 222 g/mol. The predicted octanol–water partition coefficient (Wildman–Crippen LogP) is 2.02. The smallest absolute Gasteiger partial charge is 0.339 e. The van der Waals surface area contributed by atoms with E-state index in [1.807, 2.05) is 12.1 Å². The number of hydrogen-bond acceptors (Lipinski definition) is 3. The Hall–Kier alpha value is -1.35. The lowest BCUT2D eigenvalue weighted by atomic mass is 9.98. The molecular weight excluding hydrogens is 204 g/mol. The van der Waals surface area contributed by atoms with Crippen molar-refractivity contribution in [3.05, 3.63) is 34.9 Å². The number of aliphatic hydroxyl groups excluding tert-OH is 1. The van der Waals surface area contributed by atoms with Crippen LogP contribution in [0.15, 0.2) is 18.2 Å². The first-order chi connectivity index (χ1) is 7.63. The fourth-order valence-electron chi connectivity index (χ4n) is 1.74. The molecule has 0 aromatic heterocycles. The fourth-order valence-corrected chi connectivity index (χ4v) is 1.74. The van der Waals surface area contributed by atoms with Crippen molar-refractivity contribution in [2.45, 2.75) is 32.8 Å². The molecular formula is C13H18O3. The lowest BCUT2D eigenvalue weighted by molar-refractivity contribution is -0.150. The molecule has 0 bridgehead atoms. The Balaban J connectivity index is 3.03. The van der Waals surface area contributed by atoms with E-state index in [1.165, 1.54) is 18.2 Å². The highest BCUT2D eigenvalue weighted by atomic mass is 16.5. The van der Waals surface area contributed by atoms with Gasteiger partial charge in [0.2, 0.25) is 0 Å². The molecule has 1 N–H and O–H groups in total. The van der Waals surface area contributed by atoms with E-state index in [4.69, 9.17) is 0 Å². The van der Waals surface area contributed by atoms with Gasteiger partial charge in [-0.25, -0.2) is 4.79 Å². The van der Waals surface area contributed by atoms with Crippen LogP contribution in [0.1, 0.15) is 36.6 Å². The maximum Gasteiger partial charge on any atom is 0.339 e. The standard InChI is InChI=1S/C13H18O3/c1-4-9-6-7-11(8-10(9)5-2)12(14)13(15)16-3/h6-8,12,14H,4-5H2,1-3H3. The van der Waals surface area contributed by atoms with Crippen molar-refractivity contribution in [1.82, 2.24) is 0 Å². The van der Waals surface area contributed by atoms with Crippen LogP contribution in [-0.2, 0) is 22.4 Å². The van der Waals surface area contributed by atoms with E-state index in [0.29, 0.717) is 5.56 Å². The second kappa shape index (κ2) is 5.66. The van der Waals surface area contributed by atoms with Crippen molar-refractivity contribution in [1.29, 1.82) is 0 Å². The first-order valence-electron chi connectivity index (χ1n) is 5.51. The molecule has 1 aromatic carbocycles. The van der Waals surface area contributed by atoms with Gasteiger partial charge in [-0.05, 0) is 29.5 Å². The van der Waals surface area contributed by atoms with Gasteiger partial charge >= 0.3 is 5.97 Å². The highest BCUT2D eigenvalue weighted by Gasteiger charge is 2.18. The summed E-state index contributed by atoms with van der Waals surface area (Å²) in [5, 5.41) is 9.70.